The van der Waals surface area contributed by atoms with E-state index in [0.29, 0.717) is 6.04 Å². The standard InChI is InChI=1S/C22H29NO.ClH/c1-22(2,18-8-4-3-5-9-18)19-11-13-21(14-12-19)24-17-15-20-10-6-7-16-23-20;/h3-5,8-9,11-14,20,23H,6-7,10,15-17H2,1-2H3;1H. The van der Waals surface area contributed by atoms with E-state index in [0.717, 1.165) is 25.3 Å². The summed E-state index contributed by atoms with van der Waals surface area (Å²) in [7, 11) is 0. The Balaban J connectivity index is 0.00000225. The van der Waals surface area contributed by atoms with E-state index in [1.807, 2.05) is 0 Å². The van der Waals surface area contributed by atoms with E-state index in [9.17, 15) is 0 Å². The summed E-state index contributed by atoms with van der Waals surface area (Å²) in [5, 5.41) is 3.57. The lowest BCUT2D eigenvalue weighted by Gasteiger charge is -2.26. The summed E-state index contributed by atoms with van der Waals surface area (Å²) in [4.78, 5) is 0. The van der Waals surface area contributed by atoms with Crippen molar-refractivity contribution >= 4 is 12.4 Å². The number of rotatable bonds is 6. The maximum Gasteiger partial charge on any atom is 0.119 e. The smallest absolute Gasteiger partial charge is 0.119 e. The molecule has 0 aliphatic carbocycles. The summed E-state index contributed by atoms with van der Waals surface area (Å²) in [6.45, 7) is 6.49. The van der Waals surface area contributed by atoms with Crippen molar-refractivity contribution in [2.45, 2.75) is 51.0 Å². The molecule has 1 aliphatic rings. The van der Waals surface area contributed by atoms with Crippen molar-refractivity contribution in [3.63, 3.8) is 0 Å². The highest BCUT2D eigenvalue weighted by molar-refractivity contribution is 5.85. The average Bonchev–Trinajstić information content (AvgIpc) is 2.64. The molecule has 2 aromatic carbocycles. The molecule has 3 heteroatoms. The molecule has 0 amide bonds. The van der Waals surface area contributed by atoms with Gasteiger partial charge in [0.15, 0.2) is 0 Å². The van der Waals surface area contributed by atoms with E-state index in [1.165, 1.54) is 30.4 Å². The molecule has 2 nitrogen and oxygen atoms in total. The molecule has 0 saturated carbocycles. The Morgan fingerprint density at radius 1 is 0.960 bits per heavy atom. The first kappa shape index (κ1) is 19.8. The zero-order chi connectivity index (χ0) is 16.8. The molecule has 0 aromatic heterocycles. The van der Waals surface area contributed by atoms with Gasteiger partial charge < -0.3 is 10.1 Å². The van der Waals surface area contributed by atoms with E-state index in [-0.39, 0.29) is 17.8 Å². The summed E-state index contributed by atoms with van der Waals surface area (Å²) < 4.78 is 5.94. The Morgan fingerprint density at radius 2 is 1.64 bits per heavy atom. The van der Waals surface area contributed by atoms with Gasteiger partial charge in [-0.3, -0.25) is 0 Å². The van der Waals surface area contributed by atoms with Gasteiger partial charge in [0.1, 0.15) is 5.75 Å². The van der Waals surface area contributed by atoms with Gasteiger partial charge in [0.2, 0.25) is 0 Å². The highest BCUT2D eigenvalue weighted by atomic mass is 35.5. The summed E-state index contributed by atoms with van der Waals surface area (Å²) in [5.74, 6) is 0.971. The number of hydrogen-bond acceptors (Lipinski definition) is 2. The van der Waals surface area contributed by atoms with E-state index in [2.05, 4.69) is 73.8 Å². The van der Waals surface area contributed by atoms with Gasteiger partial charge in [0.05, 0.1) is 6.61 Å². The number of nitrogens with one attached hydrogen (secondary N) is 1. The predicted octanol–water partition coefficient (Wildman–Crippen LogP) is 5.35. The van der Waals surface area contributed by atoms with Crippen molar-refractivity contribution in [2.75, 3.05) is 13.2 Å². The molecule has 0 spiro atoms. The first-order chi connectivity index (χ1) is 11.7. The van der Waals surface area contributed by atoms with Crippen LogP contribution >= 0.6 is 12.4 Å². The van der Waals surface area contributed by atoms with Crippen LogP contribution in [0.3, 0.4) is 0 Å². The summed E-state index contributed by atoms with van der Waals surface area (Å²) >= 11 is 0. The largest absolute Gasteiger partial charge is 0.494 e. The topological polar surface area (TPSA) is 21.3 Å². The third-order valence-corrected chi connectivity index (χ3v) is 5.22. The quantitative estimate of drug-likeness (QED) is 0.751. The third kappa shape index (κ3) is 5.23. The first-order valence-electron chi connectivity index (χ1n) is 9.18. The Kier molecular flexibility index (Phi) is 7.34. The number of halogens is 1. The third-order valence-electron chi connectivity index (χ3n) is 5.22. The molecular weight excluding hydrogens is 330 g/mol. The van der Waals surface area contributed by atoms with Crippen LogP contribution in [0.2, 0.25) is 0 Å². The zero-order valence-electron chi connectivity index (χ0n) is 15.3. The molecule has 2 aromatic rings. The molecular formula is C22H30ClNO. The minimum absolute atomic E-state index is 0. The Labute approximate surface area is 158 Å². The molecule has 1 N–H and O–H groups in total. The fourth-order valence-corrected chi connectivity index (χ4v) is 3.48. The van der Waals surface area contributed by atoms with Crippen LogP contribution in [0, 0.1) is 0 Å². The van der Waals surface area contributed by atoms with Crippen LogP contribution in [0.4, 0.5) is 0 Å². The van der Waals surface area contributed by atoms with Crippen LogP contribution in [0.5, 0.6) is 5.75 Å². The minimum Gasteiger partial charge on any atom is -0.494 e. The van der Waals surface area contributed by atoms with Gasteiger partial charge in [-0.1, -0.05) is 62.7 Å². The van der Waals surface area contributed by atoms with Crippen LogP contribution in [-0.2, 0) is 5.41 Å². The molecule has 1 heterocycles. The first-order valence-corrected chi connectivity index (χ1v) is 9.18. The molecule has 136 valence electrons. The number of piperidine rings is 1. The van der Waals surface area contributed by atoms with Crippen LogP contribution in [0.1, 0.15) is 50.7 Å². The second-order valence-electron chi connectivity index (χ2n) is 7.30. The molecule has 0 bridgehead atoms. The normalized spacial score (nSPS) is 17.6. The molecule has 1 atom stereocenters. The van der Waals surface area contributed by atoms with E-state index < -0.39 is 0 Å². The Hall–Kier alpha value is -1.51. The molecule has 1 aliphatic heterocycles. The van der Waals surface area contributed by atoms with Crippen molar-refractivity contribution in [1.82, 2.24) is 5.32 Å². The van der Waals surface area contributed by atoms with Gasteiger partial charge in [0.25, 0.3) is 0 Å². The summed E-state index contributed by atoms with van der Waals surface area (Å²) in [5.41, 5.74) is 2.66. The molecule has 1 fully saturated rings. The molecule has 3 rings (SSSR count). The second-order valence-corrected chi connectivity index (χ2v) is 7.30. The monoisotopic (exact) mass is 359 g/mol. The summed E-state index contributed by atoms with van der Waals surface area (Å²) in [6.07, 6.45) is 5.04. The summed E-state index contributed by atoms with van der Waals surface area (Å²) in [6, 6.07) is 19.9. The SMILES string of the molecule is CC(C)(c1ccccc1)c1ccc(OCCC2CCCCN2)cc1.Cl. The van der Waals surface area contributed by atoms with Crippen molar-refractivity contribution in [1.29, 1.82) is 0 Å². The second kappa shape index (κ2) is 9.26. The number of ether oxygens (including phenoxy) is 1. The van der Waals surface area contributed by atoms with Gasteiger partial charge in [-0.05, 0) is 49.1 Å². The highest BCUT2D eigenvalue weighted by Crippen LogP contribution is 2.32. The van der Waals surface area contributed by atoms with Crippen molar-refractivity contribution in [3.8, 4) is 5.75 Å². The van der Waals surface area contributed by atoms with Crippen LogP contribution in [-0.4, -0.2) is 19.2 Å². The molecule has 0 radical (unpaired) electrons. The van der Waals surface area contributed by atoms with Gasteiger partial charge in [-0.2, -0.15) is 0 Å². The number of hydrogen-bond donors (Lipinski definition) is 1. The van der Waals surface area contributed by atoms with Gasteiger partial charge in [0, 0.05) is 11.5 Å². The fourth-order valence-electron chi connectivity index (χ4n) is 3.48. The molecule has 25 heavy (non-hydrogen) atoms. The predicted molar refractivity (Wildman–Crippen MR) is 108 cm³/mol. The number of benzene rings is 2. The Morgan fingerprint density at radius 3 is 2.28 bits per heavy atom. The molecule has 1 unspecified atom stereocenters. The van der Waals surface area contributed by atoms with Gasteiger partial charge >= 0.3 is 0 Å². The van der Waals surface area contributed by atoms with E-state index >= 15 is 0 Å². The lowest BCUT2D eigenvalue weighted by molar-refractivity contribution is 0.268. The van der Waals surface area contributed by atoms with Gasteiger partial charge in [-0.25, -0.2) is 0 Å². The van der Waals surface area contributed by atoms with Crippen LogP contribution < -0.4 is 10.1 Å². The average molecular weight is 360 g/mol. The molecule has 1 saturated heterocycles. The van der Waals surface area contributed by atoms with Crippen LogP contribution in [0.25, 0.3) is 0 Å². The van der Waals surface area contributed by atoms with Crippen LogP contribution in [0.15, 0.2) is 54.6 Å². The minimum atomic E-state index is 0. The lowest BCUT2D eigenvalue weighted by Crippen LogP contribution is -2.35. The maximum atomic E-state index is 5.94. The maximum absolute atomic E-state index is 5.94. The van der Waals surface area contributed by atoms with Crippen molar-refractivity contribution in [2.24, 2.45) is 0 Å². The zero-order valence-corrected chi connectivity index (χ0v) is 16.1. The lowest BCUT2D eigenvalue weighted by atomic mass is 9.78. The van der Waals surface area contributed by atoms with E-state index in [1.54, 1.807) is 0 Å². The fraction of sp³-hybridized carbons (Fsp3) is 0.455. The van der Waals surface area contributed by atoms with Crippen molar-refractivity contribution < 1.29 is 4.74 Å². The highest BCUT2D eigenvalue weighted by Gasteiger charge is 2.22. The Bertz CT molecular complexity index is 618. The van der Waals surface area contributed by atoms with Gasteiger partial charge in [-0.15, -0.1) is 12.4 Å². The van der Waals surface area contributed by atoms with E-state index in [4.69, 9.17) is 4.74 Å². The van der Waals surface area contributed by atoms with Crippen molar-refractivity contribution in [3.05, 3.63) is 65.7 Å².